The van der Waals surface area contributed by atoms with Gasteiger partial charge in [-0.2, -0.15) is 0 Å². The van der Waals surface area contributed by atoms with Crippen LogP contribution in [0.3, 0.4) is 0 Å². The number of alkyl carbamates (subject to hydrolysis) is 2. The van der Waals surface area contributed by atoms with Gasteiger partial charge < -0.3 is 60.1 Å². The number of anilines is 1. The lowest BCUT2D eigenvalue weighted by molar-refractivity contribution is -0.145. The van der Waals surface area contributed by atoms with Crippen LogP contribution in [0.2, 0.25) is 0 Å². The molecule has 0 saturated heterocycles. The van der Waals surface area contributed by atoms with Crippen molar-refractivity contribution < 1.29 is 71.6 Å². The van der Waals surface area contributed by atoms with Crippen LogP contribution in [0.5, 0.6) is 0 Å². The average molecular weight is 1230 g/mol. The molecule has 0 unspecified atom stereocenters. The molecule has 1 aliphatic carbocycles. The van der Waals surface area contributed by atoms with Gasteiger partial charge >= 0.3 is 30.2 Å². The lowest BCUT2D eigenvalue weighted by Gasteiger charge is -2.32. The van der Waals surface area contributed by atoms with Gasteiger partial charge in [0.15, 0.2) is 0 Å². The van der Waals surface area contributed by atoms with Crippen LogP contribution >= 0.6 is 0 Å². The lowest BCUT2D eigenvalue weighted by Crippen LogP contribution is -2.56. The molecule has 482 valence electrons. The van der Waals surface area contributed by atoms with E-state index < -0.39 is 95.1 Å². The number of rotatable bonds is 30. The summed E-state index contributed by atoms with van der Waals surface area (Å²) in [6, 6.07) is 19.5. The van der Waals surface area contributed by atoms with Gasteiger partial charge in [0.1, 0.15) is 35.9 Å². The Hall–Kier alpha value is -8.76. The van der Waals surface area contributed by atoms with Crippen molar-refractivity contribution in [2.24, 2.45) is 0 Å². The Morgan fingerprint density at radius 2 is 1.24 bits per heavy atom. The fourth-order valence-electron chi connectivity index (χ4n) is 10.8. The molecule has 0 bridgehead atoms. The second-order valence-corrected chi connectivity index (χ2v) is 24.4. The summed E-state index contributed by atoms with van der Waals surface area (Å²) in [6.45, 7) is 11.1. The molecule has 0 fully saturated rings. The summed E-state index contributed by atoms with van der Waals surface area (Å²) in [6.07, 6.45) is 0.449. The summed E-state index contributed by atoms with van der Waals surface area (Å²) >= 11 is 0. The number of ether oxygens (including phenoxy) is 5. The van der Waals surface area contributed by atoms with Gasteiger partial charge in [0.25, 0.3) is 11.8 Å². The van der Waals surface area contributed by atoms with E-state index in [4.69, 9.17) is 18.9 Å². The molecule has 4 aromatic carbocycles. The smallest absolute Gasteiger partial charge is 0.410 e. The Labute approximate surface area is 520 Å². The molecule has 89 heavy (non-hydrogen) atoms. The number of nitrogens with zero attached hydrogens (tertiary/aromatic N) is 3. The number of nitrogens with one attached hydrogen (secondary N) is 5. The van der Waals surface area contributed by atoms with Crippen LogP contribution in [0.4, 0.5) is 20.1 Å². The second kappa shape index (κ2) is 31.9. The molecule has 1 aliphatic heterocycles. The van der Waals surface area contributed by atoms with Gasteiger partial charge in [-0.3, -0.25) is 33.7 Å². The van der Waals surface area contributed by atoms with E-state index in [0.29, 0.717) is 23.6 Å². The molecule has 0 aromatic heterocycles. The van der Waals surface area contributed by atoms with E-state index >= 15 is 0 Å². The molecule has 5 N–H and O–H groups in total. The van der Waals surface area contributed by atoms with E-state index in [1.807, 2.05) is 73.6 Å². The highest BCUT2D eigenvalue weighted by molar-refractivity contribution is 6.26. The standard InChI is InChI=1S/C66H88N8O15/c1-12-13-14-15-22-41(68-62(82)87-40-49-44-25-18-16-23-42(44)43-24-17-19-26-45(43)49)39-73(64(84)89-66(5,6)7)37-34-51(71-63(83)88-65(2,3)4)58(78)70-50(57(77)67-36-33-52(61(81)86-11)69-54(75)29-21-30-55(76)85-10)35-38-74-59(79)47-28-20-27-46-53(72(8)9)32-31-48(56(46)47)60(74)80/h16-20,23-28,31-32,41,49-52H,12-15,21-22,29-30,33-40H2,1-11H3,(H,67,77)(H,68,82)(H,69,75)(H,70,78)(H,71,83)/t41-,50+,51-,52+/m0/s1. The third-order valence-corrected chi connectivity index (χ3v) is 15.1. The highest BCUT2D eigenvalue weighted by Crippen LogP contribution is 2.44. The number of hydrogen-bond donors (Lipinski definition) is 5. The molecule has 0 radical (unpaired) electrons. The summed E-state index contributed by atoms with van der Waals surface area (Å²) in [5.41, 5.74) is 3.45. The molecule has 4 aromatic rings. The van der Waals surface area contributed by atoms with Crippen molar-refractivity contribution in [3.63, 3.8) is 0 Å². The first-order chi connectivity index (χ1) is 42.2. The largest absolute Gasteiger partial charge is 0.469 e. The van der Waals surface area contributed by atoms with Gasteiger partial charge in [0.2, 0.25) is 17.7 Å². The fourth-order valence-corrected chi connectivity index (χ4v) is 10.8. The first-order valence-electron chi connectivity index (χ1n) is 30.4. The predicted octanol–water partition coefficient (Wildman–Crippen LogP) is 8.28. The van der Waals surface area contributed by atoms with Crippen LogP contribution in [0.25, 0.3) is 21.9 Å². The van der Waals surface area contributed by atoms with Gasteiger partial charge in [-0.1, -0.05) is 93.3 Å². The fraction of sp³-hybridized carbons (Fsp3) is 0.515. The van der Waals surface area contributed by atoms with E-state index in [-0.39, 0.29) is 88.4 Å². The third-order valence-electron chi connectivity index (χ3n) is 15.1. The molecule has 2 aliphatic rings. The Balaban J connectivity index is 1.26. The third kappa shape index (κ3) is 19.6. The monoisotopic (exact) mass is 1230 g/mol. The molecule has 4 atom stereocenters. The Morgan fingerprint density at radius 3 is 1.85 bits per heavy atom. The zero-order valence-corrected chi connectivity index (χ0v) is 53.2. The van der Waals surface area contributed by atoms with Crippen molar-refractivity contribution in [1.29, 1.82) is 0 Å². The first-order valence-corrected chi connectivity index (χ1v) is 30.4. The van der Waals surface area contributed by atoms with Crippen LogP contribution in [0, 0.1) is 0 Å². The van der Waals surface area contributed by atoms with Crippen LogP contribution in [0.15, 0.2) is 78.9 Å². The van der Waals surface area contributed by atoms with Gasteiger partial charge in [0, 0.05) is 92.7 Å². The maximum Gasteiger partial charge on any atom is 0.410 e. The van der Waals surface area contributed by atoms with Crippen molar-refractivity contribution in [2.45, 2.75) is 160 Å². The molecular weight excluding hydrogens is 1140 g/mol. The summed E-state index contributed by atoms with van der Waals surface area (Å²) in [5, 5.41) is 14.7. The van der Waals surface area contributed by atoms with Crippen molar-refractivity contribution in [3.05, 3.63) is 101 Å². The molecule has 0 saturated carbocycles. The van der Waals surface area contributed by atoms with Crippen LogP contribution in [-0.4, -0.2) is 166 Å². The maximum atomic E-state index is 15.0. The number of methoxy groups -OCH3 is 2. The Morgan fingerprint density at radius 1 is 0.607 bits per heavy atom. The van der Waals surface area contributed by atoms with Gasteiger partial charge in [-0.25, -0.2) is 19.2 Å². The predicted molar refractivity (Wildman–Crippen MR) is 334 cm³/mol. The molecule has 23 heteroatoms. The highest BCUT2D eigenvalue weighted by atomic mass is 16.6. The van der Waals surface area contributed by atoms with Crippen molar-refractivity contribution >= 4 is 76.2 Å². The van der Waals surface area contributed by atoms with E-state index in [9.17, 15) is 47.9 Å². The van der Waals surface area contributed by atoms with E-state index in [0.717, 1.165) is 59.2 Å². The van der Waals surface area contributed by atoms with E-state index in [2.05, 4.69) is 38.2 Å². The Kier molecular flexibility index (Phi) is 24.9. The normalized spacial score (nSPS) is 14.0. The van der Waals surface area contributed by atoms with Gasteiger partial charge in [-0.15, -0.1) is 0 Å². The number of unbranched alkanes of at least 4 members (excludes halogenated alkanes) is 3. The number of benzene rings is 4. The minimum absolute atomic E-state index is 0.0385. The minimum Gasteiger partial charge on any atom is -0.469 e. The number of fused-ring (bicyclic) bond motifs is 3. The Bertz CT molecular complexity index is 3140. The summed E-state index contributed by atoms with van der Waals surface area (Å²) in [4.78, 5) is 142. The minimum atomic E-state index is -1.54. The molecule has 1 heterocycles. The molecule has 8 amide bonds. The number of amides is 8. The quantitative estimate of drug-likeness (QED) is 0.0142. The van der Waals surface area contributed by atoms with Crippen molar-refractivity contribution in [3.8, 4) is 11.1 Å². The zero-order valence-electron chi connectivity index (χ0n) is 53.2. The van der Waals surface area contributed by atoms with Crippen molar-refractivity contribution in [2.75, 3.05) is 66.0 Å². The lowest BCUT2D eigenvalue weighted by atomic mass is 9.92. The zero-order chi connectivity index (χ0) is 65.2. The van der Waals surface area contributed by atoms with Gasteiger partial charge in [0.05, 0.1) is 14.2 Å². The van der Waals surface area contributed by atoms with Gasteiger partial charge in [-0.05, 0) is 114 Å². The molecule has 6 rings (SSSR count). The van der Waals surface area contributed by atoms with Crippen molar-refractivity contribution in [1.82, 2.24) is 36.4 Å². The average Bonchev–Trinajstić information content (AvgIpc) is 0.845. The molecule has 23 nitrogen and oxygen atoms in total. The highest BCUT2D eigenvalue weighted by Gasteiger charge is 2.37. The van der Waals surface area contributed by atoms with Crippen LogP contribution in [0.1, 0.15) is 157 Å². The summed E-state index contributed by atoms with van der Waals surface area (Å²) in [5.74, 6) is -5.17. The van der Waals surface area contributed by atoms with Crippen LogP contribution < -0.4 is 31.5 Å². The SMILES string of the molecule is CCCCCC[C@@H](CN(CC[C@H](NC(=O)OC(C)(C)C)C(=O)N[C@H](CCN1C(=O)c2cccc3c(N(C)C)ccc(c23)C1=O)C(=O)NCC[C@@H](NC(=O)CCCC(=O)OC)C(=O)OC)C(=O)OC(C)(C)C)NC(=O)OCC1c2ccccc2-c2ccccc21. The molecule has 0 spiro atoms. The number of esters is 2. The number of carbonyl (C=O) groups excluding carboxylic acids is 10. The topological polar surface area (TPSA) is 287 Å². The van der Waals surface area contributed by atoms with E-state index in [1.54, 1.807) is 65.8 Å². The first kappa shape index (κ1) is 69.3. The van der Waals surface area contributed by atoms with Crippen LogP contribution in [-0.2, 0) is 47.7 Å². The second-order valence-electron chi connectivity index (χ2n) is 24.4. The molecular formula is C66H88N8O15. The summed E-state index contributed by atoms with van der Waals surface area (Å²) < 4.78 is 27.0. The van der Waals surface area contributed by atoms with E-state index in [1.165, 1.54) is 12.0 Å². The number of imide groups is 1. The maximum absolute atomic E-state index is 15.0. The summed E-state index contributed by atoms with van der Waals surface area (Å²) in [7, 11) is 6.03. The number of hydrogen-bond acceptors (Lipinski definition) is 16. The number of carbonyl (C=O) groups is 10.